The van der Waals surface area contributed by atoms with Crippen LogP contribution in [0.4, 0.5) is 0 Å². The molecule has 48 valence electrons. The third-order valence-corrected chi connectivity index (χ3v) is 1.71. The van der Waals surface area contributed by atoms with Crippen molar-refractivity contribution in [2.45, 2.75) is 4.43 Å². The fourth-order valence-electron chi connectivity index (χ4n) is 0.541. The molecule has 1 N–H and O–H groups in total. The minimum Gasteiger partial charge on any atom is -0.493 e. The third kappa shape index (κ3) is 1.82. The van der Waals surface area contributed by atoms with Crippen LogP contribution < -0.4 is 0 Å². The van der Waals surface area contributed by atoms with E-state index < -0.39 is 0 Å². The SMILES string of the molecule is Oc1cccc(CI)n1. The van der Waals surface area contributed by atoms with Gasteiger partial charge in [0.25, 0.3) is 0 Å². The predicted octanol–water partition coefficient (Wildman–Crippen LogP) is 1.72. The second-order valence-electron chi connectivity index (χ2n) is 1.62. The number of alkyl halides is 1. The molecular formula is C6H6INO. The fraction of sp³-hybridized carbons (Fsp3) is 0.167. The van der Waals surface area contributed by atoms with Gasteiger partial charge in [0.05, 0.1) is 5.69 Å². The van der Waals surface area contributed by atoms with Gasteiger partial charge in [-0.25, -0.2) is 4.98 Å². The zero-order valence-electron chi connectivity index (χ0n) is 4.71. The molecule has 2 nitrogen and oxygen atoms in total. The van der Waals surface area contributed by atoms with E-state index in [9.17, 15) is 0 Å². The summed E-state index contributed by atoms with van der Waals surface area (Å²) in [6.45, 7) is 0. The van der Waals surface area contributed by atoms with Crippen molar-refractivity contribution in [2.75, 3.05) is 0 Å². The molecule has 0 aliphatic heterocycles. The number of aromatic hydroxyl groups is 1. The van der Waals surface area contributed by atoms with E-state index in [0.717, 1.165) is 10.1 Å². The van der Waals surface area contributed by atoms with Crippen molar-refractivity contribution in [1.82, 2.24) is 4.98 Å². The Morgan fingerprint density at radius 2 is 2.33 bits per heavy atom. The summed E-state index contributed by atoms with van der Waals surface area (Å²) in [6, 6.07) is 5.23. The van der Waals surface area contributed by atoms with Crippen LogP contribution in [-0.2, 0) is 4.43 Å². The van der Waals surface area contributed by atoms with Gasteiger partial charge in [0.15, 0.2) is 0 Å². The maximum Gasteiger partial charge on any atom is 0.210 e. The van der Waals surface area contributed by atoms with Crippen LogP contribution in [0.15, 0.2) is 18.2 Å². The second-order valence-corrected chi connectivity index (χ2v) is 2.38. The molecule has 0 spiro atoms. The lowest BCUT2D eigenvalue weighted by Gasteiger charge is -1.92. The molecule has 0 unspecified atom stereocenters. The van der Waals surface area contributed by atoms with Crippen molar-refractivity contribution in [1.29, 1.82) is 0 Å². The molecule has 0 bridgehead atoms. The first-order chi connectivity index (χ1) is 4.33. The molecule has 0 radical (unpaired) electrons. The zero-order chi connectivity index (χ0) is 6.69. The predicted molar refractivity (Wildman–Crippen MR) is 43.6 cm³/mol. The average molecular weight is 235 g/mol. The van der Waals surface area contributed by atoms with E-state index in [1.807, 2.05) is 6.07 Å². The van der Waals surface area contributed by atoms with E-state index >= 15 is 0 Å². The van der Waals surface area contributed by atoms with E-state index in [0.29, 0.717) is 0 Å². The Kier molecular flexibility index (Phi) is 2.27. The molecule has 0 fully saturated rings. The summed E-state index contributed by atoms with van der Waals surface area (Å²) in [5.74, 6) is 0.101. The summed E-state index contributed by atoms with van der Waals surface area (Å²) in [6.07, 6.45) is 0. The lowest BCUT2D eigenvalue weighted by Crippen LogP contribution is -1.81. The number of aromatic nitrogens is 1. The minimum absolute atomic E-state index is 0.101. The smallest absolute Gasteiger partial charge is 0.210 e. The number of rotatable bonds is 1. The first kappa shape index (κ1) is 6.80. The Labute approximate surface area is 67.1 Å². The molecule has 0 atom stereocenters. The Morgan fingerprint density at radius 3 is 2.78 bits per heavy atom. The van der Waals surface area contributed by atoms with Crippen molar-refractivity contribution < 1.29 is 5.11 Å². The quantitative estimate of drug-likeness (QED) is 0.593. The highest BCUT2D eigenvalue weighted by Gasteiger charge is 1.90. The molecule has 0 saturated carbocycles. The van der Waals surface area contributed by atoms with Crippen LogP contribution in [0.3, 0.4) is 0 Å². The van der Waals surface area contributed by atoms with Crippen LogP contribution in [0.25, 0.3) is 0 Å². The molecule has 3 heteroatoms. The highest BCUT2D eigenvalue weighted by Crippen LogP contribution is 2.07. The Hall–Kier alpha value is -0.320. The molecular weight excluding hydrogens is 229 g/mol. The normalized spacial score (nSPS) is 9.44. The first-order valence-corrected chi connectivity index (χ1v) is 4.06. The Balaban J connectivity index is 2.94. The van der Waals surface area contributed by atoms with E-state index in [4.69, 9.17) is 5.11 Å². The van der Waals surface area contributed by atoms with Crippen molar-refractivity contribution >= 4 is 22.6 Å². The molecule has 0 saturated heterocycles. The first-order valence-electron chi connectivity index (χ1n) is 2.54. The van der Waals surface area contributed by atoms with Gasteiger partial charge in [0.2, 0.25) is 5.88 Å². The van der Waals surface area contributed by atoms with Gasteiger partial charge in [-0.1, -0.05) is 28.7 Å². The molecule has 1 heterocycles. The second kappa shape index (κ2) is 3.00. The number of nitrogens with zero attached hydrogens (tertiary/aromatic N) is 1. The van der Waals surface area contributed by atoms with E-state index in [1.54, 1.807) is 12.1 Å². The lowest BCUT2D eigenvalue weighted by molar-refractivity contribution is 0.452. The van der Waals surface area contributed by atoms with Crippen LogP contribution in [0.2, 0.25) is 0 Å². The number of halogens is 1. The largest absolute Gasteiger partial charge is 0.493 e. The number of hydrogen-bond acceptors (Lipinski definition) is 2. The Bertz CT molecular complexity index is 202. The van der Waals surface area contributed by atoms with Gasteiger partial charge in [-0.3, -0.25) is 0 Å². The monoisotopic (exact) mass is 235 g/mol. The maximum atomic E-state index is 8.83. The summed E-state index contributed by atoms with van der Waals surface area (Å²) >= 11 is 2.20. The molecule has 0 aliphatic rings. The zero-order valence-corrected chi connectivity index (χ0v) is 6.87. The summed E-state index contributed by atoms with van der Waals surface area (Å²) < 4.78 is 0.839. The van der Waals surface area contributed by atoms with Crippen molar-refractivity contribution in [3.8, 4) is 5.88 Å². The average Bonchev–Trinajstić information content (AvgIpc) is 1.88. The number of pyridine rings is 1. The summed E-state index contributed by atoms with van der Waals surface area (Å²) in [5.41, 5.74) is 0.913. The van der Waals surface area contributed by atoms with E-state index in [1.165, 1.54) is 0 Å². The van der Waals surface area contributed by atoms with Crippen molar-refractivity contribution in [2.24, 2.45) is 0 Å². The fourth-order valence-corrected chi connectivity index (χ4v) is 0.966. The van der Waals surface area contributed by atoms with Crippen molar-refractivity contribution in [3.05, 3.63) is 23.9 Å². The highest BCUT2D eigenvalue weighted by atomic mass is 127. The summed E-state index contributed by atoms with van der Waals surface area (Å²) in [4.78, 5) is 3.84. The van der Waals surface area contributed by atoms with E-state index in [-0.39, 0.29) is 5.88 Å². The van der Waals surface area contributed by atoms with Gasteiger partial charge in [-0.05, 0) is 6.07 Å². The van der Waals surface area contributed by atoms with Gasteiger partial charge in [-0.15, -0.1) is 0 Å². The molecule has 0 aromatic carbocycles. The van der Waals surface area contributed by atoms with Crippen LogP contribution in [0.5, 0.6) is 5.88 Å². The van der Waals surface area contributed by atoms with Crippen LogP contribution in [0, 0.1) is 0 Å². The van der Waals surface area contributed by atoms with Crippen LogP contribution in [-0.4, -0.2) is 10.1 Å². The van der Waals surface area contributed by atoms with Gasteiger partial charge in [0, 0.05) is 10.5 Å². The van der Waals surface area contributed by atoms with Crippen LogP contribution in [0.1, 0.15) is 5.69 Å². The maximum absolute atomic E-state index is 8.83. The molecule has 1 aromatic rings. The van der Waals surface area contributed by atoms with Gasteiger partial charge in [-0.2, -0.15) is 0 Å². The van der Waals surface area contributed by atoms with Gasteiger partial charge >= 0.3 is 0 Å². The topological polar surface area (TPSA) is 33.1 Å². The highest BCUT2D eigenvalue weighted by molar-refractivity contribution is 14.1. The standard InChI is InChI=1S/C6H6INO/c7-4-5-2-1-3-6(9)8-5/h1-3H,4H2,(H,8,9). The lowest BCUT2D eigenvalue weighted by atomic mass is 10.4. The van der Waals surface area contributed by atoms with E-state index in [2.05, 4.69) is 27.6 Å². The van der Waals surface area contributed by atoms with Crippen LogP contribution >= 0.6 is 22.6 Å². The minimum atomic E-state index is 0.101. The van der Waals surface area contributed by atoms with Gasteiger partial charge in [0.1, 0.15) is 0 Å². The summed E-state index contributed by atoms with van der Waals surface area (Å²) in [7, 11) is 0. The van der Waals surface area contributed by atoms with Crippen molar-refractivity contribution in [3.63, 3.8) is 0 Å². The molecule has 0 amide bonds. The Morgan fingerprint density at radius 1 is 1.56 bits per heavy atom. The molecule has 1 rings (SSSR count). The number of hydrogen-bond donors (Lipinski definition) is 1. The molecule has 0 aliphatic carbocycles. The third-order valence-electron chi connectivity index (χ3n) is 0.929. The summed E-state index contributed by atoms with van der Waals surface area (Å²) in [5, 5.41) is 8.83. The van der Waals surface area contributed by atoms with Gasteiger partial charge < -0.3 is 5.11 Å². The molecule has 1 aromatic heterocycles. The molecule has 9 heavy (non-hydrogen) atoms.